The number of esters is 1. The van der Waals surface area contributed by atoms with Gasteiger partial charge in [-0.3, -0.25) is 9.10 Å². The Morgan fingerprint density at radius 2 is 1.74 bits per heavy atom. The standard InChI is InChI=1S/C24H23FN2O5S2/c1-32-24(29)22-19-9-5-6-10-20(19)33-23(22)26-21(28)15-27(17-13-11-16(25)12-14-17)34(30,31)18-7-3-2-4-8-18/h2-4,7-8,11-14H,5-6,9-10,15H2,1H3,(H,26,28). The van der Waals surface area contributed by atoms with Crippen LogP contribution in [0.25, 0.3) is 0 Å². The number of carbonyl (C=O) groups excluding carboxylic acids is 2. The zero-order chi connectivity index (χ0) is 24.3. The SMILES string of the molecule is COC(=O)c1c(NC(=O)CN(c2ccc(F)cc2)S(=O)(=O)c2ccccc2)sc2c1CCCC2. The van der Waals surface area contributed by atoms with Crippen LogP contribution < -0.4 is 9.62 Å². The van der Waals surface area contributed by atoms with Gasteiger partial charge in [0.05, 0.1) is 23.3 Å². The maximum Gasteiger partial charge on any atom is 0.341 e. The average molecular weight is 503 g/mol. The van der Waals surface area contributed by atoms with Gasteiger partial charge < -0.3 is 10.1 Å². The van der Waals surface area contributed by atoms with Crippen molar-refractivity contribution in [3.63, 3.8) is 0 Å². The molecule has 1 aromatic heterocycles. The zero-order valence-electron chi connectivity index (χ0n) is 18.4. The molecule has 178 valence electrons. The van der Waals surface area contributed by atoms with Crippen molar-refractivity contribution in [2.24, 2.45) is 0 Å². The number of hydrogen-bond donors (Lipinski definition) is 1. The van der Waals surface area contributed by atoms with Gasteiger partial charge in [-0.15, -0.1) is 11.3 Å². The highest BCUT2D eigenvalue weighted by Gasteiger charge is 2.30. The smallest absolute Gasteiger partial charge is 0.341 e. The van der Waals surface area contributed by atoms with Crippen LogP contribution >= 0.6 is 11.3 Å². The summed E-state index contributed by atoms with van der Waals surface area (Å²) in [5.74, 6) is -1.70. The van der Waals surface area contributed by atoms with Gasteiger partial charge in [-0.05, 0) is 67.6 Å². The summed E-state index contributed by atoms with van der Waals surface area (Å²) < 4.78 is 46.1. The van der Waals surface area contributed by atoms with E-state index in [1.807, 2.05) is 0 Å². The third-order valence-electron chi connectivity index (χ3n) is 5.55. The molecule has 0 radical (unpaired) electrons. The number of carbonyl (C=O) groups is 2. The number of anilines is 2. The van der Waals surface area contributed by atoms with Crippen LogP contribution in [-0.4, -0.2) is 33.9 Å². The van der Waals surface area contributed by atoms with Gasteiger partial charge in [0, 0.05) is 4.88 Å². The first-order chi connectivity index (χ1) is 16.3. The monoisotopic (exact) mass is 502 g/mol. The molecule has 10 heteroatoms. The Bertz CT molecular complexity index is 1310. The molecule has 1 amide bonds. The Balaban J connectivity index is 1.67. The Morgan fingerprint density at radius 1 is 1.06 bits per heavy atom. The summed E-state index contributed by atoms with van der Waals surface area (Å²) in [6.45, 7) is -0.563. The predicted molar refractivity (Wildman–Crippen MR) is 128 cm³/mol. The number of thiophene rings is 1. The number of rotatable bonds is 7. The molecule has 1 N–H and O–H groups in total. The minimum Gasteiger partial charge on any atom is -0.465 e. The van der Waals surface area contributed by atoms with Gasteiger partial charge in [0.15, 0.2) is 0 Å². The van der Waals surface area contributed by atoms with E-state index in [4.69, 9.17) is 4.74 Å². The molecule has 0 spiro atoms. The second kappa shape index (κ2) is 9.94. The molecule has 2 aromatic carbocycles. The maximum absolute atomic E-state index is 13.5. The summed E-state index contributed by atoms with van der Waals surface area (Å²) >= 11 is 1.31. The van der Waals surface area contributed by atoms with Crippen molar-refractivity contribution >= 4 is 43.9 Å². The summed E-state index contributed by atoms with van der Waals surface area (Å²) in [5, 5.41) is 3.06. The highest BCUT2D eigenvalue weighted by molar-refractivity contribution is 7.92. The van der Waals surface area contributed by atoms with Gasteiger partial charge in [-0.2, -0.15) is 0 Å². The third-order valence-corrected chi connectivity index (χ3v) is 8.54. The lowest BCUT2D eigenvalue weighted by atomic mass is 9.95. The van der Waals surface area contributed by atoms with Gasteiger partial charge >= 0.3 is 5.97 Å². The van der Waals surface area contributed by atoms with Crippen LogP contribution in [0, 0.1) is 5.82 Å². The number of methoxy groups -OCH3 is 1. The molecule has 1 aliphatic carbocycles. The van der Waals surface area contributed by atoms with Crippen molar-refractivity contribution in [1.82, 2.24) is 0 Å². The molecule has 0 saturated heterocycles. The second-order valence-corrected chi connectivity index (χ2v) is 10.7. The van der Waals surface area contributed by atoms with Crippen LogP contribution in [0.4, 0.5) is 15.1 Å². The van der Waals surface area contributed by atoms with E-state index >= 15 is 0 Å². The molecular weight excluding hydrogens is 479 g/mol. The Hall–Kier alpha value is -3.24. The number of fused-ring (bicyclic) bond motifs is 1. The minimum absolute atomic E-state index is 0.00559. The zero-order valence-corrected chi connectivity index (χ0v) is 20.0. The van der Waals surface area contributed by atoms with Crippen molar-refractivity contribution in [3.8, 4) is 0 Å². The van der Waals surface area contributed by atoms with E-state index in [0.717, 1.165) is 52.6 Å². The van der Waals surface area contributed by atoms with E-state index in [2.05, 4.69) is 5.32 Å². The van der Waals surface area contributed by atoms with Crippen LogP contribution in [0.5, 0.6) is 0 Å². The van der Waals surface area contributed by atoms with E-state index < -0.39 is 34.3 Å². The van der Waals surface area contributed by atoms with Gasteiger partial charge in [-0.25, -0.2) is 17.6 Å². The number of nitrogens with zero attached hydrogens (tertiary/aromatic N) is 1. The topological polar surface area (TPSA) is 92.8 Å². The lowest BCUT2D eigenvalue weighted by Crippen LogP contribution is -2.38. The average Bonchev–Trinajstić information content (AvgIpc) is 3.21. The van der Waals surface area contributed by atoms with E-state index in [1.54, 1.807) is 18.2 Å². The van der Waals surface area contributed by atoms with Crippen molar-refractivity contribution in [3.05, 3.63) is 76.4 Å². The van der Waals surface area contributed by atoms with E-state index in [1.165, 1.54) is 42.7 Å². The van der Waals surface area contributed by atoms with Crippen LogP contribution in [0.1, 0.15) is 33.6 Å². The number of hydrogen-bond acceptors (Lipinski definition) is 6. The molecule has 0 bridgehead atoms. The molecule has 4 rings (SSSR count). The van der Waals surface area contributed by atoms with Gasteiger partial charge in [0.25, 0.3) is 10.0 Å². The number of benzene rings is 2. The van der Waals surface area contributed by atoms with Crippen LogP contribution in [0.2, 0.25) is 0 Å². The molecule has 0 unspecified atom stereocenters. The lowest BCUT2D eigenvalue weighted by Gasteiger charge is -2.24. The van der Waals surface area contributed by atoms with E-state index in [-0.39, 0.29) is 10.6 Å². The van der Waals surface area contributed by atoms with Crippen LogP contribution in [0.3, 0.4) is 0 Å². The van der Waals surface area contributed by atoms with Gasteiger partial charge in [-0.1, -0.05) is 18.2 Å². The quantitative estimate of drug-likeness (QED) is 0.484. The highest BCUT2D eigenvalue weighted by Crippen LogP contribution is 2.38. The molecular formula is C24H23FN2O5S2. The number of halogens is 1. The van der Waals surface area contributed by atoms with Gasteiger partial charge in [0.1, 0.15) is 17.4 Å². The van der Waals surface area contributed by atoms with E-state index in [9.17, 15) is 22.4 Å². The summed E-state index contributed by atoms with van der Waals surface area (Å²) in [6.07, 6.45) is 3.46. The fourth-order valence-electron chi connectivity index (χ4n) is 3.91. The fourth-order valence-corrected chi connectivity index (χ4v) is 6.65. The first kappa shape index (κ1) is 23.9. The Labute approximate surface area is 201 Å². The number of ether oxygens (including phenoxy) is 1. The van der Waals surface area contributed by atoms with Crippen molar-refractivity contribution < 1.29 is 27.1 Å². The van der Waals surface area contributed by atoms with Crippen LogP contribution in [-0.2, 0) is 32.4 Å². The molecule has 7 nitrogen and oxygen atoms in total. The number of sulfonamides is 1. The third kappa shape index (κ3) is 4.83. The lowest BCUT2D eigenvalue weighted by molar-refractivity contribution is -0.114. The summed E-state index contributed by atoms with van der Waals surface area (Å²) in [4.78, 5) is 26.6. The van der Waals surface area contributed by atoms with Crippen molar-refractivity contribution in [2.45, 2.75) is 30.6 Å². The van der Waals surface area contributed by atoms with Crippen molar-refractivity contribution in [2.75, 3.05) is 23.3 Å². The molecule has 0 atom stereocenters. The molecule has 1 heterocycles. The van der Waals surface area contributed by atoms with Gasteiger partial charge in [0.2, 0.25) is 5.91 Å². The number of aryl methyl sites for hydroxylation is 1. The second-order valence-electron chi connectivity index (χ2n) is 7.76. The first-order valence-electron chi connectivity index (χ1n) is 10.7. The van der Waals surface area contributed by atoms with Crippen molar-refractivity contribution in [1.29, 1.82) is 0 Å². The summed E-state index contributed by atoms with van der Waals surface area (Å²) in [6, 6.07) is 12.5. The normalized spacial score (nSPS) is 13.1. The summed E-state index contributed by atoms with van der Waals surface area (Å²) in [7, 11) is -2.84. The van der Waals surface area contributed by atoms with Crippen LogP contribution in [0.15, 0.2) is 59.5 Å². The predicted octanol–water partition coefficient (Wildman–Crippen LogP) is 4.39. The largest absolute Gasteiger partial charge is 0.465 e. The number of amides is 1. The molecule has 0 saturated carbocycles. The number of nitrogens with one attached hydrogen (secondary N) is 1. The minimum atomic E-state index is -4.13. The molecule has 0 aliphatic heterocycles. The molecule has 0 fully saturated rings. The summed E-state index contributed by atoms with van der Waals surface area (Å²) in [5.41, 5.74) is 1.35. The molecule has 3 aromatic rings. The fraction of sp³-hybridized carbons (Fsp3) is 0.250. The molecule has 34 heavy (non-hydrogen) atoms. The first-order valence-corrected chi connectivity index (χ1v) is 12.9. The Kier molecular flexibility index (Phi) is 6.99. The van der Waals surface area contributed by atoms with E-state index in [0.29, 0.717) is 10.6 Å². The molecule has 1 aliphatic rings. The highest BCUT2D eigenvalue weighted by atomic mass is 32.2. The maximum atomic E-state index is 13.5. The Morgan fingerprint density at radius 3 is 2.41 bits per heavy atom.